The van der Waals surface area contributed by atoms with Crippen LogP contribution in [0, 0.1) is 0 Å². The summed E-state index contributed by atoms with van der Waals surface area (Å²) in [5.74, 6) is -4.92. The van der Waals surface area contributed by atoms with Crippen molar-refractivity contribution in [3.63, 3.8) is 0 Å². The number of hydrogen-bond donors (Lipinski definition) is 2. The average Bonchev–Trinajstić information content (AvgIpc) is 2.51. The van der Waals surface area contributed by atoms with Gasteiger partial charge in [-0.2, -0.15) is 8.78 Å². The largest absolute Gasteiger partial charge is 0.480 e. The molecule has 1 aromatic carbocycles. The van der Waals surface area contributed by atoms with Crippen molar-refractivity contribution in [2.45, 2.75) is 12.5 Å². The molecule has 0 bridgehead atoms. The predicted octanol–water partition coefficient (Wildman–Crippen LogP) is 2.19. The molecular formula is C14H12ClF2N3O3. The third kappa shape index (κ3) is 4.04. The van der Waals surface area contributed by atoms with Crippen molar-refractivity contribution in [1.29, 1.82) is 0 Å². The Balaban J connectivity index is 2.21. The van der Waals surface area contributed by atoms with Crippen LogP contribution >= 0.6 is 11.6 Å². The van der Waals surface area contributed by atoms with Gasteiger partial charge < -0.3 is 10.4 Å². The van der Waals surface area contributed by atoms with Gasteiger partial charge in [0, 0.05) is 5.56 Å². The number of anilines is 1. The molecule has 0 saturated carbocycles. The number of aromatic nitrogens is 2. The van der Waals surface area contributed by atoms with Gasteiger partial charge in [0.05, 0.1) is 12.7 Å². The Morgan fingerprint density at radius 1 is 1.35 bits per heavy atom. The maximum atomic E-state index is 14.0. The third-order valence-electron chi connectivity index (χ3n) is 2.97. The first kappa shape index (κ1) is 16.9. The van der Waals surface area contributed by atoms with Crippen molar-refractivity contribution in [3.05, 3.63) is 57.6 Å². The van der Waals surface area contributed by atoms with Crippen LogP contribution in [0.2, 0.25) is 5.15 Å². The van der Waals surface area contributed by atoms with E-state index in [9.17, 15) is 18.4 Å². The van der Waals surface area contributed by atoms with Crippen molar-refractivity contribution < 1.29 is 18.7 Å². The number of nitrogens with zero attached hydrogens (tertiary/aromatic N) is 2. The van der Waals surface area contributed by atoms with Gasteiger partial charge >= 0.3 is 5.97 Å². The molecular weight excluding hydrogens is 332 g/mol. The van der Waals surface area contributed by atoms with Crippen LogP contribution in [0.4, 0.5) is 14.6 Å². The fourth-order valence-corrected chi connectivity index (χ4v) is 2.04. The molecule has 9 heteroatoms. The first-order valence-electron chi connectivity index (χ1n) is 6.45. The molecule has 0 atom stereocenters. The Bertz CT molecular complexity index is 766. The maximum absolute atomic E-state index is 14.0. The van der Waals surface area contributed by atoms with E-state index in [1.54, 1.807) is 6.07 Å². The van der Waals surface area contributed by atoms with Gasteiger partial charge in [-0.25, -0.2) is 4.98 Å². The standard InChI is InChI=1S/C14H12ClF2N3O3/c15-10-6-18-12(13(23)20(10)7-11(21)22)19-8-14(16,17)9-4-2-1-3-5-9/h1-6H,7-8H2,(H,18,19)(H,21,22). The molecule has 2 rings (SSSR count). The lowest BCUT2D eigenvalue weighted by Gasteiger charge is -2.18. The number of benzene rings is 1. The van der Waals surface area contributed by atoms with Crippen molar-refractivity contribution >= 4 is 23.4 Å². The average molecular weight is 344 g/mol. The van der Waals surface area contributed by atoms with Crippen LogP contribution in [0.5, 0.6) is 0 Å². The summed E-state index contributed by atoms with van der Waals surface area (Å²) in [7, 11) is 0. The summed E-state index contributed by atoms with van der Waals surface area (Å²) in [6.45, 7) is -1.56. The second-order valence-electron chi connectivity index (χ2n) is 4.64. The van der Waals surface area contributed by atoms with Gasteiger partial charge in [0.1, 0.15) is 11.7 Å². The number of hydrogen-bond acceptors (Lipinski definition) is 4. The lowest BCUT2D eigenvalue weighted by atomic mass is 10.1. The van der Waals surface area contributed by atoms with Crippen molar-refractivity contribution in [2.24, 2.45) is 0 Å². The second kappa shape index (κ2) is 6.74. The maximum Gasteiger partial charge on any atom is 0.323 e. The molecule has 2 N–H and O–H groups in total. The number of carboxylic acid groups (broad SMARTS) is 1. The molecule has 122 valence electrons. The Labute approximate surface area is 134 Å². The zero-order valence-corrected chi connectivity index (χ0v) is 12.4. The first-order valence-corrected chi connectivity index (χ1v) is 6.83. The molecule has 0 aliphatic carbocycles. The van der Waals surface area contributed by atoms with E-state index in [1.165, 1.54) is 24.3 Å². The number of halogens is 3. The van der Waals surface area contributed by atoms with E-state index < -0.39 is 36.4 Å². The quantitative estimate of drug-likeness (QED) is 0.840. The minimum absolute atomic E-state index is 0.197. The fraction of sp³-hybridized carbons (Fsp3) is 0.214. The van der Waals surface area contributed by atoms with Gasteiger partial charge in [0.2, 0.25) is 0 Å². The minimum Gasteiger partial charge on any atom is -0.480 e. The molecule has 0 amide bonds. The highest BCUT2D eigenvalue weighted by atomic mass is 35.5. The molecule has 0 saturated heterocycles. The van der Waals surface area contributed by atoms with E-state index in [4.69, 9.17) is 16.7 Å². The Morgan fingerprint density at radius 2 is 2.00 bits per heavy atom. The van der Waals surface area contributed by atoms with Crippen LogP contribution in [0.15, 0.2) is 41.3 Å². The van der Waals surface area contributed by atoms with Gasteiger partial charge in [-0.05, 0) is 0 Å². The van der Waals surface area contributed by atoms with E-state index >= 15 is 0 Å². The normalized spacial score (nSPS) is 11.3. The molecule has 0 radical (unpaired) electrons. The molecule has 1 heterocycles. The summed E-state index contributed by atoms with van der Waals surface area (Å²) in [4.78, 5) is 26.4. The van der Waals surface area contributed by atoms with Gasteiger partial charge in [-0.1, -0.05) is 41.9 Å². The van der Waals surface area contributed by atoms with E-state index in [-0.39, 0.29) is 10.7 Å². The van der Waals surface area contributed by atoms with Crippen LogP contribution in [-0.2, 0) is 17.3 Å². The summed E-state index contributed by atoms with van der Waals surface area (Å²) < 4.78 is 28.8. The van der Waals surface area contributed by atoms with Crippen LogP contribution in [0.3, 0.4) is 0 Å². The highest BCUT2D eigenvalue weighted by Gasteiger charge is 2.31. The number of rotatable bonds is 6. The predicted molar refractivity (Wildman–Crippen MR) is 80.0 cm³/mol. The van der Waals surface area contributed by atoms with Gasteiger partial charge in [0.15, 0.2) is 5.82 Å². The van der Waals surface area contributed by atoms with E-state index in [0.717, 1.165) is 10.8 Å². The van der Waals surface area contributed by atoms with Crippen molar-refractivity contribution in [1.82, 2.24) is 9.55 Å². The monoisotopic (exact) mass is 343 g/mol. The minimum atomic E-state index is -3.23. The molecule has 0 fully saturated rings. The first-order chi connectivity index (χ1) is 10.8. The Hall–Kier alpha value is -2.48. The lowest BCUT2D eigenvalue weighted by molar-refractivity contribution is -0.137. The number of nitrogens with one attached hydrogen (secondary N) is 1. The molecule has 6 nitrogen and oxygen atoms in total. The van der Waals surface area contributed by atoms with Crippen LogP contribution < -0.4 is 10.9 Å². The Morgan fingerprint density at radius 3 is 2.61 bits per heavy atom. The summed E-state index contributed by atoms with van der Waals surface area (Å²) in [5, 5.41) is 10.8. The van der Waals surface area contributed by atoms with Crippen LogP contribution in [-0.4, -0.2) is 27.2 Å². The molecule has 0 aliphatic heterocycles. The number of alkyl halides is 2. The molecule has 0 unspecified atom stereocenters. The topological polar surface area (TPSA) is 84.2 Å². The number of carbonyl (C=O) groups is 1. The highest BCUT2D eigenvalue weighted by molar-refractivity contribution is 6.29. The molecule has 23 heavy (non-hydrogen) atoms. The molecule has 2 aromatic rings. The van der Waals surface area contributed by atoms with E-state index in [1.807, 2.05) is 0 Å². The number of aliphatic carboxylic acids is 1. The number of carboxylic acids is 1. The Kier molecular flexibility index (Phi) is 4.95. The lowest BCUT2D eigenvalue weighted by Crippen LogP contribution is -2.32. The van der Waals surface area contributed by atoms with E-state index in [2.05, 4.69) is 10.3 Å². The van der Waals surface area contributed by atoms with E-state index in [0.29, 0.717) is 0 Å². The van der Waals surface area contributed by atoms with Crippen molar-refractivity contribution in [2.75, 3.05) is 11.9 Å². The summed E-state index contributed by atoms with van der Waals surface area (Å²) in [6, 6.07) is 7.09. The molecule has 0 aliphatic rings. The van der Waals surface area contributed by atoms with Gasteiger partial charge in [0.25, 0.3) is 11.5 Å². The fourth-order valence-electron chi connectivity index (χ4n) is 1.85. The third-order valence-corrected chi connectivity index (χ3v) is 3.27. The van der Waals surface area contributed by atoms with Gasteiger partial charge in [-0.15, -0.1) is 0 Å². The smallest absolute Gasteiger partial charge is 0.323 e. The SMILES string of the molecule is O=C(O)Cn1c(Cl)cnc(NCC(F)(F)c2ccccc2)c1=O. The zero-order chi connectivity index (χ0) is 17.0. The summed E-state index contributed by atoms with van der Waals surface area (Å²) >= 11 is 5.69. The molecule has 1 aromatic heterocycles. The summed E-state index contributed by atoms with van der Waals surface area (Å²) in [5.41, 5.74) is -1.10. The second-order valence-corrected chi connectivity index (χ2v) is 5.03. The van der Waals surface area contributed by atoms with Crippen molar-refractivity contribution in [3.8, 4) is 0 Å². The summed E-state index contributed by atoms with van der Waals surface area (Å²) in [6.07, 6.45) is 1.02. The molecule has 0 spiro atoms. The van der Waals surface area contributed by atoms with Gasteiger partial charge in [-0.3, -0.25) is 14.2 Å². The highest BCUT2D eigenvalue weighted by Crippen LogP contribution is 2.27. The zero-order valence-electron chi connectivity index (χ0n) is 11.7. The van der Waals surface area contributed by atoms with Crippen LogP contribution in [0.1, 0.15) is 5.56 Å². The van der Waals surface area contributed by atoms with Crippen LogP contribution in [0.25, 0.3) is 0 Å².